The zero-order valence-electron chi connectivity index (χ0n) is 17.0. The molecule has 0 spiro atoms. The van der Waals surface area contributed by atoms with Crippen LogP contribution in [0.5, 0.6) is 0 Å². The Morgan fingerprint density at radius 2 is 1.66 bits per heavy atom. The number of carbonyl (C=O) groups excluding carboxylic acids is 2. The zero-order valence-corrected chi connectivity index (χ0v) is 17.7. The normalized spacial score (nSPS) is 10.7. The third-order valence-corrected chi connectivity index (χ3v) is 5.10. The molecule has 5 nitrogen and oxygen atoms in total. The van der Waals surface area contributed by atoms with Crippen LogP contribution in [0.3, 0.4) is 0 Å². The standard InChI is InChI=1S/C23H24ClN3O2/c1-15-9-12-21(27-16(2)10-11-17(27)3)18(13-15)23(29)26(4)14-22(28)25-20-8-6-5-7-19(20)24/h5-13H,14H2,1-4H3,(H,25,28). The summed E-state index contributed by atoms with van der Waals surface area (Å²) < 4.78 is 2.05. The third-order valence-electron chi connectivity index (χ3n) is 4.77. The number of aromatic nitrogens is 1. The topological polar surface area (TPSA) is 54.3 Å². The van der Waals surface area contributed by atoms with E-state index < -0.39 is 0 Å². The lowest BCUT2D eigenvalue weighted by molar-refractivity contribution is -0.116. The van der Waals surface area contributed by atoms with Crippen molar-refractivity contribution < 1.29 is 9.59 Å². The Hall–Kier alpha value is -3.05. The fourth-order valence-electron chi connectivity index (χ4n) is 3.31. The molecule has 0 aliphatic rings. The van der Waals surface area contributed by atoms with E-state index in [9.17, 15) is 9.59 Å². The van der Waals surface area contributed by atoms with E-state index in [1.807, 2.05) is 55.7 Å². The van der Waals surface area contributed by atoms with Gasteiger partial charge >= 0.3 is 0 Å². The van der Waals surface area contributed by atoms with Gasteiger partial charge in [0.1, 0.15) is 0 Å². The van der Waals surface area contributed by atoms with E-state index in [1.54, 1.807) is 31.3 Å². The van der Waals surface area contributed by atoms with Gasteiger partial charge in [-0.15, -0.1) is 0 Å². The molecule has 0 radical (unpaired) electrons. The number of carbonyl (C=O) groups is 2. The number of likely N-dealkylation sites (N-methyl/N-ethyl adjacent to an activating group) is 1. The first-order valence-electron chi connectivity index (χ1n) is 9.33. The van der Waals surface area contributed by atoms with Crippen LogP contribution in [0, 0.1) is 20.8 Å². The average molecular weight is 410 g/mol. The first-order chi connectivity index (χ1) is 13.8. The molecule has 0 unspecified atom stereocenters. The number of halogens is 1. The second kappa shape index (κ2) is 8.53. The molecule has 150 valence electrons. The predicted molar refractivity (Wildman–Crippen MR) is 117 cm³/mol. The van der Waals surface area contributed by atoms with Crippen LogP contribution in [0.4, 0.5) is 5.69 Å². The Bertz CT molecular complexity index is 1050. The molecule has 3 rings (SSSR count). The molecule has 0 fully saturated rings. The zero-order chi connectivity index (χ0) is 21.1. The molecule has 0 atom stereocenters. The van der Waals surface area contributed by atoms with E-state index >= 15 is 0 Å². The van der Waals surface area contributed by atoms with Crippen molar-refractivity contribution in [3.63, 3.8) is 0 Å². The molecular formula is C23H24ClN3O2. The van der Waals surface area contributed by atoms with E-state index in [0.717, 1.165) is 22.6 Å². The summed E-state index contributed by atoms with van der Waals surface area (Å²) in [4.78, 5) is 27.0. The molecule has 1 aromatic heterocycles. The van der Waals surface area contributed by atoms with Crippen LogP contribution < -0.4 is 5.32 Å². The van der Waals surface area contributed by atoms with Crippen molar-refractivity contribution in [2.24, 2.45) is 0 Å². The number of para-hydroxylation sites is 1. The summed E-state index contributed by atoms with van der Waals surface area (Å²) in [6, 6.07) is 16.8. The van der Waals surface area contributed by atoms with E-state index in [1.165, 1.54) is 4.90 Å². The van der Waals surface area contributed by atoms with E-state index in [-0.39, 0.29) is 18.4 Å². The summed E-state index contributed by atoms with van der Waals surface area (Å²) in [6.07, 6.45) is 0. The lowest BCUT2D eigenvalue weighted by atomic mass is 10.1. The van der Waals surface area contributed by atoms with Crippen LogP contribution in [0.25, 0.3) is 5.69 Å². The second-order valence-corrected chi connectivity index (χ2v) is 7.57. The molecule has 2 aromatic carbocycles. The Balaban J connectivity index is 1.84. The summed E-state index contributed by atoms with van der Waals surface area (Å²) in [5.41, 5.74) is 4.95. The molecular weight excluding hydrogens is 386 g/mol. The van der Waals surface area contributed by atoms with E-state index in [2.05, 4.69) is 5.32 Å². The lowest BCUT2D eigenvalue weighted by Gasteiger charge is -2.21. The van der Waals surface area contributed by atoms with Gasteiger partial charge in [-0.2, -0.15) is 0 Å². The highest BCUT2D eigenvalue weighted by atomic mass is 35.5. The average Bonchev–Trinajstić information content (AvgIpc) is 3.01. The highest BCUT2D eigenvalue weighted by molar-refractivity contribution is 6.33. The van der Waals surface area contributed by atoms with Crippen LogP contribution in [0.1, 0.15) is 27.3 Å². The smallest absolute Gasteiger partial charge is 0.256 e. The Morgan fingerprint density at radius 1 is 1.00 bits per heavy atom. The number of rotatable bonds is 5. The summed E-state index contributed by atoms with van der Waals surface area (Å²) in [5.74, 6) is -0.526. The summed E-state index contributed by atoms with van der Waals surface area (Å²) in [7, 11) is 1.62. The maximum absolute atomic E-state index is 13.2. The number of aryl methyl sites for hydroxylation is 3. The Kier molecular flexibility index (Phi) is 6.09. The van der Waals surface area contributed by atoms with Crippen LogP contribution in [-0.4, -0.2) is 34.9 Å². The minimum atomic E-state index is -0.309. The highest BCUT2D eigenvalue weighted by Crippen LogP contribution is 2.23. The van der Waals surface area contributed by atoms with Crippen molar-refractivity contribution in [1.82, 2.24) is 9.47 Å². The van der Waals surface area contributed by atoms with Crippen molar-refractivity contribution in [1.29, 1.82) is 0 Å². The number of hydrogen-bond acceptors (Lipinski definition) is 2. The number of nitrogens with one attached hydrogen (secondary N) is 1. The maximum Gasteiger partial charge on any atom is 0.256 e. The van der Waals surface area contributed by atoms with Gasteiger partial charge in [0, 0.05) is 18.4 Å². The summed E-state index contributed by atoms with van der Waals surface area (Å²) in [5, 5.41) is 3.20. The minimum Gasteiger partial charge on any atom is -0.332 e. The fraction of sp³-hybridized carbons (Fsp3) is 0.217. The van der Waals surface area contributed by atoms with Gasteiger partial charge in [-0.3, -0.25) is 9.59 Å². The lowest BCUT2D eigenvalue weighted by Crippen LogP contribution is -2.35. The van der Waals surface area contributed by atoms with Gasteiger partial charge in [-0.05, 0) is 57.2 Å². The van der Waals surface area contributed by atoms with Gasteiger partial charge in [-0.25, -0.2) is 0 Å². The molecule has 0 aliphatic carbocycles. The van der Waals surface area contributed by atoms with E-state index in [4.69, 9.17) is 11.6 Å². The largest absolute Gasteiger partial charge is 0.332 e. The van der Waals surface area contributed by atoms with Gasteiger partial charge in [0.05, 0.1) is 28.5 Å². The summed E-state index contributed by atoms with van der Waals surface area (Å²) >= 11 is 6.09. The van der Waals surface area contributed by atoms with E-state index in [0.29, 0.717) is 16.3 Å². The molecule has 1 heterocycles. The van der Waals surface area contributed by atoms with Gasteiger partial charge in [-0.1, -0.05) is 35.4 Å². The van der Waals surface area contributed by atoms with Crippen LogP contribution in [-0.2, 0) is 4.79 Å². The molecule has 0 saturated carbocycles. The Morgan fingerprint density at radius 3 is 2.31 bits per heavy atom. The predicted octanol–water partition coefficient (Wildman–Crippen LogP) is 4.77. The SMILES string of the molecule is Cc1ccc(-n2c(C)ccc2C)c(C(=O)N(C)CC(=O)Nc2ccccc2Cl)c1. The number of hydrogen-bond donors (Lipinski definition) is 1. The molecule has 0 bridgehead atoms. The van der Waals surface area contributed by atoms with Crippen molar-refractivity contribution in [2.45, 2.75) is 20.8 Å². The van der Waals surface area contributed by atoms with Gasteiger partial charge < -0.3 is 14.8 Å². The quantitative estimate of drug-likeness (QED) is 0.660. The van der Waals surface area contributed by atoms with Gasteiger partial charge in [0.2, 0.25) is 5.91 Å². The minimum absolute atomic E-state index is 0.0823. The van der Waals surface area contributed by atoms with Gasteiger partial charge in [0.15, 0.2) is 0 Å². The third kappa shape index (κ3) is 4.51. The molecule has 0 saturated heterocycles. The van der Waals surface area contributed by atoms with Crippen molar-refractivity contribution in [3.05, 3.63) is 82.1 Å². The van der Waals surface area contributed by atoms with Crippen LogP contribution in [0.15, 0.2) is 54.6 Å². The number of benzene rings is 2. The molecule has 2 amide bonds. The fourth-order valence-corrected chi connectivity index (χ4v) is 3.49. The molecule has 0 aliphatic heterocycles. The molecule has 29 heavy (non-hydrogen) atoms. The van der Waals surface area contributed by atoms with Crippen molar-refractivity contribution >= 4 is 29.1 Å². The number of anilines is 1. The van der Waals surface area contributed by atoms with Crippen molar-refractivity contribution in [2.75, 3.05) is 18.9 Å². The number of amides is 2. The maximum atomic E-state index is 13.2. The number of nitrogens with zero attached hydrogens (tertiary/aromatic N) is 2. The molecule has 3 aromatic rings. The van der Waals surface area contributed by atoms with Crippen molar-refractivity contribution in [3.8, 4) is 5.69 Å². The summed E-state index contributed by atoms with van der Waals surface area (Å²) in [6.45, 7) is 5.87. The van der Waals surface area contributed by atoms with Crippen LogP contribution in [0.2, 0.25) is 5.02 Å². The highest BCUT2D eigenvalue weighted by Gasteiger charge is 2.20. The first kappa shape index (κ1) is 20.7. The van der Waals surface area contributed by atoms with Gasteiger partial charge in [0.25, 0.3) is 5.91 Å². The Labute approximate surface area is 175 Å². The molecule has 6 heteroatoms. The first-order valence-corrected chi connectivity index (χ1v) is 9.71. The monoisotopic (exact) mass is 409 g/mol. The van der Waals surface area contributed by atoms with Crippen LogP contribution >= 0.6 is 11.6 Å². The second-order valence-electron chi connectivity index (χ2n) is 7.16. The molecule has 1 N–H and O–H groups in total.